The average Bonchev–Trinajstić information content (AvgIpc) is 2.91. The van der Waals surface area contributed by atoms with Gasteiger partial charge in [0.2, 0.25) is 0 Å². The van der Waals surface area contributed by atoms with Crippen LogP contribution < -0.4 is 4.74 Å². The van der Waals surface area contributed by atoms with Crippen LogP contribution in [0.3, 0.4) is 0 Å². The predicted octanol–water partition coefficient (Wildman–Crippen LogP) is 10.1. The van der Waals surface area contributed by atoms with Crippen molar-refractivity contribution in [2.24, 2.45) is 5.92 Å². The van der Waals surface area contributed by atoms with Crippen molar-refractivity contribution in [2.75, 3.05) is 0 Å². The first-order valence-electron chi connectivity index (χ1n) is 15.4. The summed E-state index contributed by atoms with van der Waals surface area (Å²) in [7, 11) is 0. The van der Waals surface area contributed by atoms with Gasteiger partial charge in [0.25, 0.3) is 0 Å². The van der Waals surface area contributed by atoms with Crippen LogP contribution >= 0.6 is 0 Å². The molecule has 1 saturated carbocycles. The minimum atomic E-state index is -0.106. The second-order valence-corrected chi connectivity index (χ2v) is 11.8. The number of aryl methyl sites for hydroxylation is 3. The molecule has 0 amide bonds. The zero-order valence-corrected chi connectivity index (χ0v) is 24.2. The standard InChI is InChI=1S/C35H52O2/c1-5-7-9-11-15-28(3)34(36)37-33-22-17-30(18-23-33)16-19-31-20-21-32(27-29(31)4)35(24-12-8-6-2)25-13-10-14-26-35/h17-18,20-23,27-28H,5-16,19,24-26H2,1-4H3. The second-order valence-electron chi connectivity index (χ2n) is 11.8. The molecule has 2 aromatic rings. The van der Waals surface area contributed by atoms with Gasteiger partial charge < -0.3 is 4.74 Å². The molecule has 2 heteroatoms. The third kappa shape index (κ3) is 9.01. The van der Waals surface area contributed by atoms with E-state index >= 15 is 0 Å². The molecule has 1 atom stereocenters. The van der Waals surface area contributed by atoms with E-state index in [4.69, 9.17) is 4.74 Å². The molecule has 3 rings (SSSR count). The zero-order valence-electron chi connectivity index (χ0n) is 24.2. The fourth-order valence-electron chi connectivity index (χ4n) is 6.15. The molecule has 204 valence electrons. The smallest absolute Gasteiger partial charge is 0.314 e. The van der Waals surface area contributed by atoms with Crippen molar-refractivity contribution in [3.05, 3.63) is 64.7 Å². The molecule has 1 aliphatic rings. The Labute approximate surface area is 227 Å². The first-order valence-corrected chi connectivity index (χ1v) is 15.4. The maximum atomic E-state index is 12.4. The number of esters is 1. The van der Waals surface area contributed by atoms with Gasteiger partial charge >= 0.3 is 5.97 Å². The molecule has 0 heterocycles. The van der Waals surface area contributed by atoms with Crippen LogP contribution in [-0.2, 0) is 23.1 Å². The third-order valence-corrected chi connectivity index (χ3v) is 8.74. The van der Waals surface area contributed by atoms with Gasteiger partial charge in [0.1, 0.15) is 5.75 Å². The van der Waals surface area contributed by atoms with Gasteiger partial charge in [0, 0.05) is 0 Å². The quantitative estimate of drug-likeness (QED) is 0.137. The fourth-order valence-corrected chi connectivity index (χ4v) is 6.15. The predicted molar refractivity (Wildman–Crippen MR) is 157 cm³/mol. The van der Waals surface area contributed by atoms with Crippen LogP contribution in [0.4, 0.5) is 0 Å². The highest BCUT2D eigenvalue weighted by Gasteiger charge is 2.33. The SMILES string of the molecule is CCCCCCC(C)C(=O)Oc1ccc(CCc2ccc(C3(CCCCC)CCCCC3)cc2C)cc1. The molecule has 0 radical (unpaired) electrons. The number of benzene rings is 2. The lowest BCUT2D eigenvalue weighted by molar-refractivity contribution is -0.138. The lowest BCUT2D eigenvalue weighted by Crippen LogP contribution is -2.29. The van der Waals surface area contributed by atoms with Gasteiger partial charge in [0.15, 0.2) is 0 Å². The summed E-state index contributed by atoms with van der Waals surface area (Å²) >= 11 is 0. The molecule has 0 bridgehead atoms. The largest absolute Gasteiger partial charge is 0.426 e. The first-order chi connectivity index (χ1) is 18.0. The fraction of sp³-hybridized carbons (Fsp3) is 0.629. The van der Waals surface area contributed by atoms with Crippen molar-refractivity contribution in [1.82, 2.24) is 0 Å². The number of carbonyl (C=O) groups excluding carboxylic acids is 1. The number of unbranched alkanes of at least 4 members (excludes halogenated alkanes) is 5. The van der Waals surface area contributed by atoms with Crippen LogP contribution in [0.5, 0.6) is 5.75 Å². The normalized spacial score (nSPS) is 15.9. The Hall–Kier alpha value is -2.09. The highest BCUT2D eigenvalue weighted by Crippen LogP contribution is 2.44. The van der Waals surface area contributed by atoms with Gasteiger partial charge in [-0.25, -0.2) is 0 Å². The molecule has 0 N–H and O–H groups in total. The molecule has 1 unspecified atom stereocenters. The van der Waals surface area contributed by atoms with E-state index in [-0.39, 0.29) is 11.9 Å². The molecule has 1 fully saturated rings. The topological polar surface area (TPSA) is 26.3 Å². The Balaban J connectivity index is 1.54. The van der Waals surface area contributed by atoms with Gasteiger partial charge in [-0.3, -0.25) is 4.79 Å². The van der Waals surface area contributed by atoms with Gasteiger partial charge in [-0.05, 0) is 85.3 Å². The van der Waals surface area contributed by atoms with Gasteiger partial charge in [-0.15, -0.1) is 0 Å². The van der Waals surface area contributed by atoms with Crippen molar-refractivity contribution in [3.8, 4) is 5.75 Å². The van der Waals surface area contributed by atoms with E-state index in [1.54, 1.807) is 5.56 Å². The first kappa shape index (κ1) is 29.5. The maximum absolute atomic E-state index is 12.4. The molecule has 0 aliphatic heterocycles. The van der Waals surface area contributed by atoms with E-state index in [1.165, 1.54) is 93.7 Å². The molecule has 0 spiro atoms. The van der Waals surface area contributed by atoms with E-state index in [1.807, 2.05) is 19.1 Å². The average molecular weight is 505 g/mol. The molecular weight excluding hydrogens is 452 g/mol. The Morgan fingerprint density at radius 1 is 0.865 bits per heavy atom. The number of rotatable bonds is 15. The monoisotopic (exact) mass is 504 g/mol. The van der Waals surface area contributed by atoms with Crippen LogP contribution in [0.25, 0.3) is 0 Å². The van der Waals surface area contributed by atoms with Gasteiger partial charge in [-0.1, -0.05) is 115 Å². The maximum Gasteiger partial charge on any atom is 0.314 e. The van der Waals surface area contributed by atoms with Crippen molar-refractivity contribution in [3.63, 3.8) is 0 Å². The molecule has 2 nitrogen and oxygen atoms in total. The summed E-state index contributed by atoms with van der Waals surface area (Å²) in [6.07, 6.45) is 20.0. The molecule has 0 saturated heterocycles. The van der Waals surface area contributed by atoms with E-state index in [0.29, 0.717) is 11.2 Å². The molecule has 1 aliphatic carbocycles. The van der Waals surface area contributed by atoms with Crippen LogP contribution in [0, 0.1) is 12.8 Å². The third-order valence-electron chi connectivity index (χ3n) is 8.74. The van der Waals surface area contributed by atoms with Crippen molar-refractivity contribution in [2.45, 2.75) is 136 Å². The lowest BCUT2D eigenvalue weighted by Gasteiger charge is -2.38. The Morgan fingerprint density at radius 3 is 2.24 bits per heavy atom. The summed E-state index contributed by atoms with van der Waals surface area (Å²) in [5, 5.41) is 0. The number of hydrogen-bond donors (Lipinski definition) is 0. The van der Waals surface area contributed by atoms with E-state index in [0.717, 1.165) is 25.7 Å². The molecule has 0 aromatic heterocycles. The Morgan fingerprint density at radius 2 is 1.57 bits per heavy atom. The van der Waals surface area contributed by atoms with Gasteiger partial charge in [0.05, 0.1) is 5.92 Å². The summed E-state index contributed by atoms with van der Waals surface area (Å²) in [5.41, 5.74) is 6.19. The van der Waals surface area contributed by atoms with Crippen molar-refractivity contribution in [1.29, 1.82) is 0 Å². The number of ether oxygens (including phenoxy) is 1. The summed E-state index contributed by atoms with van der Waals surface area (Å²) in [4.78, 5) is 12.4. The van der Waals surface area contributed by atoms with Gasteiger partial charge in [-0.2, -0.15) is 0 Å². The van der Waals surface area contributed by atoms with E-state index < -0.39 is 0 Å². The number of hydrogen-bond acceptors (Lipinski definition) is 2. The summed E-state index contributed by atoms with van der Waals surface area (Å²) < 4.78 is 5.65. The van der Waals surface area contributed by atoms with Crippen LogP contribution in [0.2, 0.25) is 0 Å². The highest BCUT2D eigenvalue weighted by molar-refractivity contribution is 5.74. The van der Waals surface area contributed by atoms with Crippen LogP contribution in [-0.4, -0.2) is 5.97 Å². The molecule has 2 aromatic carbocycles. The minimum absolute atomic E-state index is 0.0399. The van der Waals surface area contributed by atoms with Crippen molar-refractivity contribution >= 4 is 5.97 Å². The zero-order chi connectivity index (χ0) is 26.5. The molecule has 37 heavy (non-hydrogen) atoms. The minimum Gasteiger partial charge on any atom is -0.426 e. The summed E-state index contributed by atoms with van der Waals surface area (Å²) in [6, 6.07) is 15.5. The van der Waals surface area contributed by atoms with Crippen LogP contribution in [0.15, 0.2) is 42.5 Å². The lowest BCUT2D eigenvalue weighted by atomic mass is 9.66. The van der Waals surface area contributed by atoms with E-state index in [2.05, 4.69) is 51.1 Å². The van der Waals surface area contributed by atoms with Crippen LogP contribution in [0.1, 0.15) is 133 Å². The molecular formula is C35H52O2. The Kier molecular flexibility index (Phi) is 12.2. The van der Waals surface area contributed by atoms with Crippen molar-refractivity contribution < 1.29 is 9.53 Å². The Bertz CT molecular complexity index is 936. The summed E-state index contributed by atoms with van der Waals surface area (Å²) in [5.74, 6) is 0.516. The van der Waals surface area contributed by atoms with E-state index in [9.17, 15) is 4.79 Å². The summed E-state index contributed by atoms with van der Waals surface area (Å²) in [6.45, 7) is 8.80. The second kappa shape index (κ2) is 15.4. The number of carbonyl (C=O) groups is 1. The highest BCUT2D eigenvalue weighted by atomic mass is 16.5.